The second kappa shape index (κ2) is 10.3. The van der Waals surface area contributed by atoms with Crippen molar-refractivity contribution in [2.75, 3.05) is 26.8 Å². The maximum atomic E-state index is 6.95. The van der Waals surface area contributed by atoms with E-state index in [1.54, 1.807) is 0 Å². The van der Waals surface area contributed by atoms with Crippen molar-refractivity contribution in [3.05, 3.63) is 42.0 Å². The van der Waals surface area contributed by atoms with Crippen LogP contribution < -0.4 is 0 Å². The van der Waals surface area contributed by atoms with Crippen LogP contribution in [0.2, 0.25) is 0 Å². The Hall–Kier alpha value is -1.20. The molecule has 4 nitrogen and oxygen atoms in total. The molecule has 7 atom stereocenters. The molecule has 0 bridgehead atoms. The van der Waals surface area contributed by atoms with Crippen molar-refractivity contribution >= 4 is 5.57 Å². The molecule has 4 heteroatoms. The minimum absolute atomic E-state index is 0.0215. The van der Waals surface area contributed by atoms with Crippen LogP contribution in [0.3, 0.4) is 0 Å². The third-order valence-corrected chi connectivity index (χ3v) is 10.6. The van der Waals surface area contributed by atoms with Gasteiger partial charge in [0.2, 0.25) is 0 Å². The lowest BCUT2D eigenvalue weighted by Gasteiger charge is -2.64. The minimum Gasteiger partial charge on any atom is -0.356 e. The van der Waals surface area contributed by atoms with Crippen molar-refractivity contribution < 1.29 is 18.9 Å². The fourth-order valence-corrected chi connectivity index (χ4v) is 8.72. The highest BCUT2D eigenvalue weighted by molar-refractivity contribution is 5.74. The van der Waals surface area contributed by atoms with Gasteiger partial charge in [0.05, 0.1) is 11.7 Å². The summed E-state index contributed by atoms with van der Waals surface area (Å²) >= 11 is 0. The van der Waals surface area contributed by atoms with Gasteiger partial charge in [-0.15, -0.1) is 0 Å². The Morgan fingerprint density at radius 2 is 1.63 bits per heavy atom. The molecule has 0 aromatic heterocycles. The van der Waals surface area contributed by atoms with E-state index < -0.39 is 0 Å². The average Bonchev–Trinajstić information content (AvgIpc) is 3.18. The van der Waals surface area contributed by atoms with Crippen molar-refractivity contribution in [1.29, 1.82) is 0 Å². The predicted molar refractivity (Wildman–Crippen MR) is 140 cm³/mol. The fourth-order valence-electron chi connectivity index (χ4n) is 8.72. The predicted octanol–water partition coefficient (Wildman–Crippen LogP) is 7.24. The molecule has 0 N–H and O–H groups in total. The van der Waals surface area contributed by atoms with Crippen molar-refractivity contribution in [3.8, 4) is 0 Å². The van der Waals surface area contributed by atoms with Gasteiger partial charge in [-0.05, 0) is 99.5 Å². The molecule has 0 amide bonds. The monoisotopic (exact) mass is 482 g/mol. The molecule has 4 aliphatic rings. The molecular weight excluding hydrogens is 436 g/mol. The standard InChI is InChI=1S/C31H46O4/c1-5-32-21-34-25-14-17-29(3)24(20-25)12-13-28-27(29)15-18-30(4)26(23-10-8-7-9-11-23)16-19-31(28,30)35-22-33-6-2/h7-11,16,24-25,27-28H,5-6,12-15,17-22H2,1-4H3/t24?,25?,27-,28-,29+,30-,31-/m1/s1. The van der Waals surface area contributed by atoms with Crippen LogP contribution in [-0.4, -0.2) is 38.5 Å². The zero-order chi connectivity index (χ0) is 24.5. The fraction of sp³-hybridized carbons (Fsp3) is 0.742. The number of benzene rings is 1. The molecule has 3 fully saturated rings. The molecule has 35 heavy (non-hydrogen) atoms. The van der Waals surface area contributed by atoms with E-state index in [-0.39, 0.29) is 11.0 Å². The van der Waals surface area contributed by atoms with Gasteiger partial charge in [-0.2, -0.15) is 0 Å². The summed E-state index contributed by atoms with van der Waals surface area (Å²) in [6.07, 6.45) is 12.5. The van der Waals surface area contributed by atoms with E-state index in [0.29, 0.717) is 43.5 Å². The topological polar surface area (TPSA) is 36.9 Å². The molecule has 2 unspecified atom stereocenters. The molecule has 3 saturated carbocycles. The molecule has 1 aromatic rings. The Labute approximate surface area is 212 Å². The molecule has 0 spiro atoms. The molecule has 5 rings (SSSR count). The lowest BCUT2D eigenvalue weighted by Crippen LogP contribution is -2.63. The van der Waals surface area contributed by atoms with E-state index in [1.807, 2.05) is 6.92 Å². The van der Waals surface area contributed by atoms with Crippen molar-refractivity contribution in [3.63, 3.8) is 0 Å². The minimum atomic E-state index is -0.174. The quantitative estimate of drug-likeness (QED) is 0.275. The summed E-state index contributed by atoms with van der Waals surface area (Å²) in [5.41, 5.74) is 3.07. The lowest BCUT2D eigenvalue weighted by atomic mass is 9.43. The van der Waals surface area contributed by atoms with Crippen molar-refractivity contribution in [1.82, 2.24) is 0 Å². The van der Waals surface area contributed by atoms with Crippen molar-refractivity contribution in [2.24, 2.45) is 28.6 Å². The molecular formula is C31H46O4. The van der Waals surface area contributed by atoms with Crippen molar-refractivity contribution in [2.45, 2.75) is 90.8 Å². The summed E-state index contributed by atoms with van der Waals surface area (Å²) in [7, 11) is 0. The van der Waals surface area contributed by atoms with Gasteiger partial charge >= 0.3 is 0 Å². The van der Waals surface area contributed by atoms with Gasteiger partial charge in [-0.25, -0.2) is 0 Å². The Bertz CT molecular complexity index is 883. The second-order valence-electron chi connectivity index (χ2n) is 11.9. The number of rotatable bonds is 9. The maximum Gasteiger partial charge on any atom is 0.147 e. The Balaban J connectivity index is 1.41. The molecule has 1 aromatic carbocycles. The first kappa shape index (κ1) is 25.4. The highest BCUT2D eigenvalue weighted by Crippen LogP contribution is 2.70. The van der Waals surface area contributed by atoms with E-state index in [1.165, 1.54) is 49.7 Å². The molecule has 194 valence electrons. The van der Waals surface area contributed by atoms with E-state index in [4.69, 9.17) is 18.9 Å². The lowest BCUT2D eigenvalue weighted by molar-refractivity contribution is -0.250. The first-order valence-electron chi connectivity index (χ1n) is 14.2. The highest BCUT2D eigenvalue weighted by Gasteiger charge is 2.66. The largest absolute Gasteiger partial charge is 0.356 e. The first-order chi connectivity index (χ1) is 17.0. The summed E-state index contributed by atoms with van der Waals surface area (Å²) in [4.78, 5) is 0. The van der Waals surface area contributed by atoms with Gasteiger partial charge in [-0.3, -0.25) is 0 Å². The summed E-state index contributed by atoms with van der Waals surface area (Å²) in [5, 5.41) is 0. The van der Waals surface area contributed by atoms with E-state index in [0.717, 1.165) is 25.4 Å². The number of fused-ring (bicyclic) bond motifs is 5. The Morgan fingerprint density at radius 3 is 2.40 bits per heavy atom. The van der Waals surface area contributed by atoms with E-state index in [2.05, 4.69) is 57.2 Å². The smallest absolute Gasteiger partial charge is 0.147 e. The number of hydrogen-bond donors (Lipinski definition) is 0. The molecule has 0 saturated heterocycles. The van der Waals surface area contributed by atoms with Gasteiger partial charge in [0.15, 0.2) is 0 Å². The Morgan fingerprint density at radius 1 is 0.857 bits per heavy atom. The molecule has 0 aliphatic heterocycles. The van der Waals surface area contributed by atoms with Crippen LogP contribution in [0.25, 0.3) is 5.57 Å². The third-order valence-electron chi connectivity index (χ3n) is 10.6. The zero-order valence-electron chi connectivity index (χ0n) is 22.4. The van der Waals surface area contributed by atoms with Crippen LogP contribution in [0, 0.1) is 28.6 Å². The Kier molecular flexibility index (Phi) is 7.48. The molecule has 4 aliphatic carbocycles. The van der Waals surface area contributed by atoms with Crippen LogP contribution in [0.15, 0.2) is 36.4 Å². The van der Waals surface area contributed by atoms with Gasteiger partial charge in [0, 0.05) is 18.6 Å². The van der Waals surface area contributed by atoms with Gasteiger partial charge in [-0.1, -0.05) is 50.3 Å². The zero-order valence-corrected chi connectivity index (χ0v) is 22.4. The van der Waals surface area contributed by atoms with Crippen LogP contribution in [-0.2, 0) is 18.9 Å². The molecule has 0 heterocycles. The summed E-state index contributed by atoms with van der Waals surface area (Å²) in [5.74, 6) is 2.01. The second-order valence-corrected chi connectivity index (χ2v) is 11.9. The van der Waals surface area contributed by atoms with Crippen LogP contribution in [0.5, 0.6) is 0 Å². The third kappa shape index (κ3) is 4.23. The normalized spacial score (nSPS) is 40.5. The van der Waals surface area contributed by atoms with E-state index in [9.17, 15) is 0 Å². The average molecular weight is 483 g/mol. The SMILES string of the molecule is CCOCOC1CC[C@@]2(C)C(CC[C@@H]3[C@H]2CC[C@]2(C)C(c4ccccc4)=CC[C@@]32OCOCC)C1. The van der Waals surface area contributed by atoms with E-state index >= 15 is 0 Å². The van der Waals surface area contributed by atoms with Crippen LogP contribution >= 0.6 is 0 Å². The highest BCUT2D eigenvalue weighted by atomic mass is 16.7. The summed E-state index contributed by atoms with van der Waals surface area (Å²) < 4.78 is 24.4. The van der Waals surface area contributed by atoms with Crippen LogP contribution in [0.4, 0.5) is 0 Å². The summed E-state index contributed by atoms with van der Waals surface area (Å²) in [6.45, 7) is 11.5. The maximum absolute atomic E-state index is 6.95. The van der Waals surface area contributed by atoms with Gasteiger partial charge in [0.25, 0.3) is 0 Å². The number of hydrogen-bond acceptors (Lipinski definition) is 4. The van der Waals surface area contributed by atoms with Gasteiger partial charge < -0.3 is 18.9 Å². The van der Waals surface area contributed by atoms with Crippen LogP contribution in [0.1, 0.15) is 84.6 Å². The number of ether oxygens (including phenoxy) is 4. The first-order valence-corrected chi connectivity index (χ1v) is 14.2. The summed E-state index contributed by atoms with van der Waals surface area (Å²) in [6, 6.07) is 11.0. The molecule has 0 radical (unpaired) electrons. The van der Waals surface area contributed by atoms with Gasteiger partial charge in [0.1, 0.15) is 13.6 Å².